The molecule has 146 valence electrons. The lowest BCUT2D eigenvalue weighted by Gasteiger charge is -2.24. The van der Waals surface area contributed by atoms with Crippen molar-refractivity contribution in [2.24, 2.45) is 5.92 Å². The summed E-state index contributed by atoms with van der Waals surface area (Å²) < 4.78 is 0.0899. The van der Waals surface area contributed by atoms with E-state index >= 15 is 0 Å². The molecular weight excluding hydrogens is 400 g/mol. The highest BCUT2D eigenvalue weighted by atomic mass is 32.2. The van der Waals surface area contributed by atoms with Crippen molar-refractivity contribution in [2.45, 2.75) is 33.2 Å². The number of para-hydroxylation sites is 1. The van der Waals surface area contributed by atoms with Crippen LogP contribution in [0.2, 0.25) is 0 Å². The van der Waals surface area contributed by atoms with Gasteiger partial charge in [-0.3, -0.25) is 19.3 Å². The first-order valence-electron chi connectivity index (χ1n) is 8.62. The van der Waals surface area contributed by atoms with Gasteiger partial charge in [-0.25, -0.2) is 9.69 Å². The number of amides is 3. The van der Waals surface area contributed by atoms with Crippen LogP contribution in [0.5, 0.6) is 0 Å². The summed E-state index contributed by atoms with van der Waals surface area (Å²) in [7, 11) is 0. The number of carboxylic acids is 1. The Hall–Kier alpha value is -2.52. The van der Waals surface area contributed by atoms with Gasteiger partial charge in [0.25, 0.3) is 11.8 Å². The number of thioether (sulfide) groups is 1. The third-order valence-electron chi connectivity index (χ3n) is 4.46. The molecule has 28 heavy (non-hydrogen) atoms. The molecule has 2 aliphatic heterocycles. The minimum Gasteiger partial charge on any atom is -0.480 e. The Kier molecular flexibility index (Phi) is 5.40. The van der Waals surface area contributed by atoms with Crippen molar-refractivity contribution in [3.8, 4) is 0 Å². The molecule has 1 N–H and O–H groups in total. The molecule has 0 saturated carbocycles. The SMILES string of the molecule is CC(=O)N1C(=O)/C(=C2\SC(=S)N([C@H](CC(C)C)C(=O)O)C2=O)c2ccccc21. The Bertz CT molecular complexity index is 953. The van der Waals surface area contributed by atoms with Crippen LogP contribution < -0.4 is 4.90 Å². The van der Waals surface area contributed by atoms with E-state index < -0.39 is 29.7 Å². The van der Waals surface area contributed by atoms with Crippen LogP contribution in [0.3, 0.4) is 0 Å². The molecule has 1 atom stereocenters. The molecule has 1 saturated heterocycles. The molecule has 1 fully saturated rings. The van der Waals surface area contributed by atoms with Crippen LogP contribution in [0, 0.1) is 5.92 Å². The minimum atomic E-state index is -1.15. The second-order valence-electron chi connectivity index (χ2n) is 6.91. The van der Waals surface area contributed by atoms with E-state index in [9.17, 15) is 24.3 Å². The molecular formula is C19H18N2O5S2. The van der Waals surface area contributed by atoms with Crippen molar-refractivity contribution in [1.82, 2.24) is 4.90 Å². The molecule has 0 unspecified atom stereocenters. The predicted molar refractivity (Wildman–Crippen MR) is 109 cm³/mol. The summed E-state index contributed by atoms with van der Waals surface area (Å²) in [6.07, 6.45) is 0.231. The quantitative estimate of drug-likeness (QED) is 0.593. The largest absolute Gasteiger partial charge is 0.480 e. The van der Waals surface area contributed by atoms with Gasteiger partial charge in [0.15, 0.2) is 0 Å². The number of fused-ring (bicyclic) bond motifs is 1. The van der Waals surface area contributed by atoms with Crippen molar-refractivity contribution in [3.05, 3.63) is 34.7 Å². The number of hydrogen-bond acceptors (Lipinski definition) is 6. The number of thiocarbonyl (C=S) groups is 1. The van der Waals surface area contributed by atoms with Crippen molar-refractivity contribution in [3.63, 3.8) is 0 Å². The third-order valence-corrected chi connectivity index (χ3v) is 5.86. The highest BCUT2D eigenvalue weighted by Gasteiger charge is 2.46. The van der Waals surface area contributed by atoms with Gasteiger partial charge in [-0.1, -0.05) is 56.0 Å². The van der Waals surface area contributed by atoms with Gasteiger partial charge in [-0.05, 0) is 18.4 Å². The van der Waals surface area contributed by atoms with Crippen LogP contribution in [0.4, 0.5) is 5.69 Å². The smallest absolute Gasteiger partial charge is 0.326 e. The van der Waals surface area contributed by atoms with E-state index in [2.05, 4.69) is 0 Å². The number of benzene rings is 1. The maximum atomic E-state index is 13.1. The van der Waals surface area contributed by atoms with Gasteiger partial charge >= 0.3 is 5.97 Å². The van der Waals surface area contributed by atoms with E-state index in [1.165, 1.54) is 6.92 Å². The molecule has 7 nitrogen and oxygen atoms in total. The number of carboxylic acid groups (broad SMARTS) is 1. The van der Waals surface area contributed by atoms with E-state index in [1.807, 2.05) is 13.8 Å². The van der Waals surface area contributed by atoms with E-state index in [0.29, 0.717) is 11.3 Å². The Labute approximate surface area is 171 Å². The van der Waals surface area contributed by atoms with Crippen LogP contribution in [-0.2, 0) is 19.2 Å². The van der Waals surface area contributed by atoms with Gasteiger partial charge in [-0.2, -0.15) is 0 Å². The topological polar surface area (TPSA) is 95.0 Å². The standard InChI is InChI=1S/C19H18N2O5S2/c1-9(2)8-13(18(25)26)21-17(24)15(28-19(21)27)14-11-6-4-5-7-12(11)20(10(3)22)16(14)23/h4-7,9,13H,8H2,1-3H3,(H,25,26)/b15-14-/t13-/m1/s1. The molecule has 2 aliphatic rings. The minimum absolute atomic E-state index is 0.0282. The van der Waals surface area contributed by atoms with Gasteiger partial charge in [0.2, 0.25) is 5.91 Å². The zero-order valence-electron chi connectivity index (χ0n) is 15.5. The maximum absolute atomic E-state index is 13.1. The first kappa shape index (κ1) is 20.2. The van der Waals surface area contributed by atoms with Gasteiger partial charge in [0.05, 0.1) is 16.2 Å². The number of hydrogen-bond donors (Lipinski definition) is 1. The van der Waals surface area contributed by atoms with E-state index in [4.69, 9.17) is 12.2 Å². The fraction of sp³-hybridized carbons (Fsp3) is 0.316. The maximum Gasteiger partial charge on any atom is 0.326 e. The lowest BCUT2D eigenvalue weighted by Crippen LogP contribution is -2.44. The number of rotatable bonds is 4. The molecule has 1 aromatic rings. The molecule has 3 rings (SSSR count). The molecule has 0 aromatic heterocycles. The second-order valence-corrected chi connectivity index (χ2v) is 8.55. The van der Waals surface area contributed by atoms with Gasteiger partial charge in [-0.15, -0.1) is 0 Å². The highest BCUT2D eigenvalue weighted by Crippen LogP contribution is 2.45. The molecule has 2 heterocycles. The fourth-order valence-electron chi connectivity index (χ4n) is 3.31. The zero-order valence-corrected chi connectivity index (χ0v) is 17.1. The van der Waals surface area contributed by atoms with Crippen molar-refractivity contribution >= 4 is 63.3 Å². The summed E-state index contributed by atoms with van der Waals surface area (Å²) in [5.41, 5.74) is 0.940. The van der Waals surface area contributed by atoms with Crippen LogP contribution >= 0.6 is 24.0 Å². The second kappa shape index (κ2) is 7.48. The summed E-state index contributed by atoms with van der Waals surface area (Å²) in [5.74, 6) is -2.82. The first-order chi connectivity index (χ1) is 13.1. The number of carbonyl (C=O) groups is 4. The molecule has 0 aliphatic carbocycles. The van der Waals surface area contributed by atoms with Crippen LogP contribution in [0.15, 0.2) is 29.2 Å². The van der Waals surface area contributed by atoms with Gasteiger partial charge in [0, 0.05) is 12.5 Å². The van der Waals surface area contributed by atoms with Crippen LogP contribution in [-0.4, -0.2) is 44.1 Å². The lowest BCUT2D eigenvalue weighted by atomic mass is 10.0. The monoisotopic (exact) mass is 418 g/mol. The van der Waals surface area contributed by atoms with E-state index in [0.717, 1.165) is 21.6 Å². The van der Waals surface area contributed by atoms with E-state index in [-0.39, 0.29) is 27.1 Å². The summed E-state index contributed by atoms with van der Waals surface area (Å²) >= 11 is 6.17. The Morgan fingerprint density at radius 1 is 1.18 bits per heavy atom. The van der Waals surface area contributed by atoms with Crippen molar-refractivity contribution in [1.29, 1.82) is 0 Å². The summed E-state index contributed by atoms with van der Waals surface area (Å²) in [6.45, 7) is 4.98. The first-order valence-corrected chi connectivity index (χ1v) is 9.84. The fourth-order valence-corrected chi connectivity index (χ4v) is 4.74. The Balaban J connectivity index is 2.12. The molecule has 0 spiro atoms. The third kappa shape index (κ3) is 3.24. The number of imide groups is 1. The summed E-state index contributed by atoms with van der Waals surface area (Å²) in [4.78, 5) is 51.9. The van der Waals surface area contributed by atoms with E-state index in [1.54, 1.807) is 24.3 Å². The van der Waals surface area contributed by atoms with Crippen molar-refractivity contribution in [2.75, 3.05) is 4.90 Å². The number of aliphatic carboxylic acids is 1. The molecule has 0 radical (unpaired) electrons. The zero-order chi connectivity index (χ0) is 20.7. The normalized spacial score (nSPS) is 20.2. The van der Waals surface area contributed by atoms with Gasteiger partial charge in [0.1, 0.15) is 10.4 Å². The summed E-state index contributed by atoms with van der Waals surface area (Å²) in [6, 6.07) is 5.57. The lowest BCUT2D eigenvalue weighted by molar-refractivity contribution is -0.145. The average molecular weight is 418 g/mol. The highest BCUT2D eigenvalue weighted by molar-refractivity contribution is 8.26. The molecule has 1 aromatic carbocycles. The number of anilines is 1. The number of carbonyl (C=O) groups excluding carboxylic acids is 3. The molecule has 3 amide bonds. The Morgan fingerprint density at radius 3 is 2.39 bits per heavy atom. The summed E-state index contributed by atoms with van der Waals surface area (Å²) in [5, 5.41) is 9.60. The predicted octanol–water partition coefficient (Wildman–Crippen LogP) is 2.65. The average Bonchev–Trinajstić information content (AvgIpc) is 3.05. The Morgan fingerprint density at radius 2 is 1.82 bits per heavy atom. The molecule has 0 bridgehead atoms. The molecule has 9 heteroatoms. The number of nitrogens with zero attached hydrogens (tertiary/aromatic N) is 2. The van der Waals surface area contributed by atoms with Gasteiger partial charge < -0.3 is 5.11 Å². The van der Waals surface area contributed by atoms with Crippen LogP contribution in [0.1, 0.15) is 32.8 Å². The van der Waals surface area contributed by atoms with Crippen molar-refractivity contribution < 1.29 is 24.3 Å². The van der Waals surface area contributed by atoms with Crippen LogP contribution in [0.25, 0.3) is 5.57 Å².